The number of fused-ring (bicyclic) bond motifs is 1. The molecular weight excluding hydrogens is 280 g/mol. The van der Waals surface area contributed by atoms with Crippen molar-refractivity contribution in [2.45, 2.75) is 19.5 Å². The van der Waals surface area contributed by atoms with Gasteiger partial charge in [-0.1, -0.05) is 6.07 Å². The molecular formula is C15H20N6O. The maximum Gasteiger partial charge on any atom is 0.272 e. The van der Waals surface area contributed by atoms with E-state index >= 15 is 0 Å². The van der Waals surface area contributed by atoms with Gasteiger partial charge < -0.3 is 15.5 Å². The van der Waals surface area contributed by atoms with Gasteiger partial charge in [0.2, 0.25) is 0 Å². The smallest absolute Gasteiger partial charge is 0.272 e. The van der Waals surface area contributed by atoms with E-state index in [9.17, 15) is 4.79 Å². The van der Waals surface area contributed by atoms with Crippen LogP contribution in [0.5, 0.6) is 0 Å². The monoisotopic (exact) mass is 300 g/mol. The van der Waals surface area contributed by atoms with E-state index in [1.54, 1.807) is 0 Å². The van der Waals surface area contributed by atoms with Gasteiger partial charge in [0.25, 0.3) is 5.91 Å². The van der Waals surface area contributed by atoms with Gasteiger partial charge in [-0.2, -0.15) is 5.10 Å². The zero-order valence-corrected chi connectivity index (χ0v) is 12.8. The van der Waals surface area contributed by atoms with E-state index in [1.165, 1.54) is 0 Å². The zero-order chi connectivity index (χ0) is 15.5. The Balaban J connectivity index is 1.68. The normalized spacial score (nSPS) is 13.5. The summed E-state index contributed by atoms with van der Waals surface area (Å²) in [4.78, 5) is 18.7. The minimum absolute atomic E-state index is 0.168. The lowest BCUT2D eigenvalue weighted by molar-refractivity contribution is 0.0944. The number of nitrogens with zero attached hydrogens (tertiary/aromatic N) is 3. The Kier molecular flexibility index (Phi) is 4.06. The van der Waals surface area contributed by atoms with E-state index < -0.39 is 0 Å². The van der Waals surface area contributed by atoms with E-state index in [4.69, 9.17) is 0 Å². The number of carbonyl (C=O) groups is 1. The second-order valence-electron chi connectivity index (χ2n) is 5.52. The molecule has 0 spiro atoms. The summed E-state index contributed by atoms with van der Waals surface area (Å²) in [6, 6.07) is 5.76. The summed E-state index contributed by atoms with van der Waals surface area (Å²) in [5, 5.41) is 13.3. The summed E-state index contributed by atoms with van der Waals surface area (Å²) < 4.78 is 0. The number of rotatable bonds is 4. The minimum atomic E-state index is -0.168. The molecule has 3 N–H and O–H groups in total. The van der Waals surface area contributed by atoms with Gasteiger partial charge in [0, 0.05) is 44.9 Å². The molecule has 0 saturated carbocycles. The predicted molar refractivity (Wildman–Crippen MR) is 83.7 cm³/mol. The number of aromatic nitrogens is 3. The van der Waals surface area contributed by atoms with Crippen LogP contribution in [0.4, 0.5) is 5.82 Å². The van der Waals surface area contributed by atoms with Gasteiger partial charge in [-0.15, -0.1) is 0 Å². The number of aromatic amines is 1. The number of carbonyl (C=O) groups excluding carboxylic acids is 1. The van der Waals surface area contributed by atoms with Crippen molar-refractivity contribution in [2.24, 2.45) is 0 Å². The molecule has 0 bridgehead atoms. The summed E-state index contributed by atoms with van der Waals surface area (Å²) in [7, 11) is 3.88. The molecule has 1 aliphatic heterocycles. The molecule has 116 valence electrons. The van der Waals surface area contributed by atoms with Crippen LogP contribution in [0.2, 0.25) is 0 Å². The summed E-state index contributed by atoms with van der Waals surface area (Å²) >= 11 is 0. The highest BCUT2D eigenvalue weighted by atomic mass is 16.1. The Bertz CT molecular complexity index is 678. The number of nitrogens with one attached hydrogen (secondary N) is 3. The quantitative estimate of drug-likeness (QED) is 0.763. The Labute approximate surface area is 129 Å². The SMILES string of the molecule is CN(C)c1cccc(CNC(=O)c2n[nH]c3c2CNCC3)n1. The second kappa shape index (κ2) is 6.15. The first-order valence-corrected chi connectivity index (χ1v) is 7.33. The summed E-state index contributed by atoms with van der Waals surface area (Å²) in [6.45, 7) is 1.98. The third kappa shape index (κ3) is 2.94. The number of H-pyrrole nitrogens is 1. The van der Waals surface area contributed by atoms with Crippen LogP contribution < -0.4 is 15.5 Å². The van der Waals surface area contributed by atoms with Crippen molar-refractivity contribution in [3.8, 4) is 0 Å². The lowest BCUT2D eigenvalue weighted by atomic mass is 10.1. The van der Waals surface area contributed by atoms with Crippen molar-refractivity contribution in [3.63, 3.8) is 0 Å². The molecule has 0 aliphatic carbocycles. The van der Waals surface area contributed by atoms with Crippen molar-refractivity contribution < 1.29 is 4.79 Å². The molecule has 0 fully saturated rings. The van der Waals surface area contributed by atoms with Gasteiger partial charge in [0.15, 0.2) is 5.69 Å². The van der Waals surface area contributed by atoms with Crippen molar-refractivity contribution in [2.75, 3.05) is 25.5 Å². The first kappa shape index (κ1) is 14.5. The summed E-state index contributed by atoms with van der Waals surface area (Å²) in [5.74, 6) is 0.700. The van der Waals surface area contributed by atoms with E-state index in [1.807, 2.05) is 37.2 Å². The van der Waals surface area contributed by atoms with Crippen LogP contribution in [0.3, 0.4) is 0 Å². The van der Waals surface area contributed by atoms with Crippen molar-refractivity contribution >= 4 is 11.7 Å². The Hall–Kier alpha value is -2.41. The minimum Gasteiger partial charge on any atom is -0.363 e. The van der Waals surface area contributed by atoms with Crippen LogP contribution in [0, 0.1) is 0 Å². The second-order valence-corrected chi connectivity index (χ2v) is 5.52. The molecule has 22 heavy (non-hydrogen) atoms. The van der Waals surface area contributed by atoms with Gasteiger partial charge >= 0.3 is 0 Å². The lowest BCUT2D eigenvalue weighted by Crippen LogP contribution is -2.28. The molecule has 3 heterocycles. The first-order valence-electron chi connectivity index (χ1n) is 7.33. The molecule has 0 unspecified atom stereocenters. The first-order chi connectivity index (χ1) is 10.6. The maximum absolute atomic E-state index is 12.3. The number of hydrogen-bond donors (Lipinski definition) is 3. The van der Waals surface area contributed by atoms with Crippen molar-refractivity contribution in [3.05, 3.63) is 40.8 Å². The third-order valence-corrected chi connectivity index (χ3v) is 3.70. The van der Waals surface area contributed by atoms with E-state index in [2.05, 4.69) is 25.8 Å². The highest BCUT2D eigenvalue weighted by Gasteiger charge is 2.21. The fourth-order valence-electron chi connectivity index (χ4n) is 2.48. The number of hydrogen-bond acceptors (Lipinski definition) is 5. The van der Waals surface area contributed by atoms with Crippen molar-refractivity contribution in [1.82, 2.24) is 25.8 Å². The summed E-state index contributed by atoms with van der Waals surface area (Å²) in [6.07, 6.45) is 0.877. The van der Waals surface area contributed by atoms with Crippen LogP contribution in [-0.4, -0.2) is 41.7 Å². The lowest BCUT2D eigenvalue weighted by Gasteiger charge is -2.13. The molecule has 1 amide bonds. The molecule has 3 rings (SSSR count). The molecule has 0 atom stereocenters. The summed E-state index contributed by atoms with van der Waals surface area (Å²) in [5.41, 5.74) is 3.32. The molecule has 2 aromatic heterocycles. The van der Waals surface area contributed by atoms with Crippen molar-refractivity contribution in [1.29, 1.82) is 0 Å². The average Bonchev–Trinajstić information content (AvgIpc) is 2.97. The fraction of sp³-hybridized carbons (Fsp3) is 0.400. The molecule has 0 radical (unpaired) electrons. The molecule has 7 nitrogen and oxygen atoms in total. The number of pyridine rings is 1. The molecule has 7 heteroatoms. The van der Waals surface area contributed by atoms with Crippen LogP contribution in [0.15, 0.2) is 18.2 Å². The molecule has 0 aromatic carbocycles. The number of anilines is 1. The van der Waals surface area contributed by atoms with E-state index in [0.717, 1.165) is 35.7 Å². The number of amides is 1. The Morgan fingerprint density at radius 2 is 2.27 bits per heavy atom. The van der Waals surface area contributed by atoms with Gasteiger partial charge in [0.1, 0.15) is 5.82 Å². The fourth-order valence-corrected chi connectivity index (χ4v) is 2.48. The highest BCUT2D eigenvalue weighted by molar-refractivity contribution is 5.93. The largest absolute Gasteiger partial charge is 0.363 e. The van der Waals surface area contributed by atoms with Gasteiger partial charge in [-0.05, 0) is 12.1 Å². The van der Waals surface area contributed by atoms with Crippen LogP contribution >= 0.6 is 0 Å². The van der Waals surface area contributed by atoms with Gasteiger partial charge in [-0.3, -0.25) is 9.89 Å². The van der Waals surface area contributed by atoms with Crippen LogP contribution in [0.1, 0.15) is 27.4 Å². The van der Waals surface area contributed by atoms with Crippen LogP contribution in [-0.2, 0) is 19.5 Å². The predicted octanol–water partition coefficient (Wildman–Crippen LogP) is 0.446. The van der Waals surface area contributed by atoms with Gasteiger partial charge in [-0.25, -0.2) is 4.98 Å². The topological polar surface area (TPSA) is 85.9 Å². The Morgan fingerprint density at radius 3 is 3.09 bits per heavy atom. The molecule has 0 saturated heterocycles. The maximum atomic E-state index is 12.3. The highest BCUT2D eigenvalue weighted by Crippen LogP contribution is 2.15. The third-order valence-electron chi connectivity index (χ3n) is 3.70. The van der Waals surface area contributed by atoms with Crippen LogP contribution in [0.25, 0.3) is 0 Å². The zero-order valence-electron chi connectivity index (χ0n) is 12.8. The Morgan fingerprint density at radius 1 is 1.41 bits per heavy atom. The van der Waals surface area contributed by atoms with E-state index in [-0.39, 0.29) is 5.91 Å². The standard InChI is InChI=1S/C15H20N6O/c1-21(2)13-5-3-4-10(18-13)8-17-15(22)14-11-9-16-7-6-12(11)19-20-14/h3-5,16H,6-9H2,1-2H3,(H,17,22)(H,19,20). The molecule has 2 aromatic rings. The van der Waals surface area contributed by atoms with E-state index in [0.29, 0.717) is 18.8 Å². The average molecular weight is 300 g/mol. The molecule has 1 aliphatic rings. The van der Waals surface area contributed by atoms with Gasteiger partial charge in [0.05, 0.1) is 12.2 Å².